The molecule has 0 heterocycles. The van der Waals surface area contributed by atoms with Gasteiger partial charge in [0, 0.05) is 0 Å². The van der Waals surface area contributed by atoms with Crippen molar-refractivity contribution < 1.29 is 0 Å². The molecule has 54 valence electrons. The molecule has 0 aliphatic heterocycles. The van der Waals surface area contributed by atoms with Gasteiger partial charge in [-0.05, 0) is 12.0 Å². The summed E-state index contributed by atoms with van der Waals surface area (Å²) in [5.41, 5.74) is 1.33. The SMILES string of the molecule is C.C=CCc1ccccc1. The Morgan fingerprint density at radius 3 is 2.30 bits per heavy atom. The van der Waals surface area contributed by atoms with E-state index in [-0.39, 0.29) is 7.43 Å². The zero-order valence-corrected chi connectivity index (χ0v) is 5.38. The molecule has 0 aliphatic rings. The minimum absolute atomic E-state index is 0. The van der Waals surface area contributed by atoms with Gasteiger partial charge in [-0.1, -0.05) is 43.8 Å². The van der Waals surface area contributed by atoms with Gasteiger partial charge in [-0.3, -0.25) is 0 Å². The fourth-order valence-corrected chi connectivity index (χ4v) is 0.781. The molecule has 0 fully saturated rings. The van der Waals surface area contributed by atoms with E-state index in [1.165, 1.54) is 5.56 Å². The van der Waals surface area contributed by atoms with Gasteiger partial charge in [-0.25, -0.2) is 0 Å². The van der Waals surface area contributed by atoms with Gasteiger partial charge >= 0.3 is 0 Å². The fraction of sp³-hybridized carbons (Fsp3) is 0.200. The van der Waals surface area contributed by atoms with Gasteiger partial charge in [0.05, 0.1) is 0 Å². The molecule has 0 bridgehead atoms. The van der Waals surface area contributed by atoms with E-state index in [1.54, 1.807) is 0 Å². The number of rotatable bonds is 2. The van der Waals surface area contributed by atoms with Crippen LogP contribution >= 0.6 is 0 Å². The zero-order valence-electron chi connectivity index (χ0n) is 5.38. The molecule has 0 atom stereocenters. The van der Waals surface area contributed by atoms with E-state index < -0.39 is 0 Å². The van der Waals surface area contributed by atoms with E-state index in [4.69, 9.17) is 0 Å². The minimum atomic E-state index is 0. The maximum atomic E-state index is 3.66. The number of hydrogen-bond acceptors (Lipinski definition) is 0. The Hall–Kier alpha value is -1.04. The molecule has 1 aromatic rings. The minimum Gasteiger partial charge on any atom is -0.103 e. The van der Waals surface area contributed by atoms with E-state index in [9.17, 15) is 0 Å². The Labute approximate surface area is 63.2 Å². The standard InChI is InChI=1S/C9H10.CH4/c1-2-6-9-7-4-3-5-8-9;/h2-5,7-8H,1,6H2;1H4. The largest absolute Gasteiger partial charge is 0.103 e. The third-order valence-electron chi connectivity index (χ3n) is 1.22. The molecule has 0 unspecified atom stereocenters. The van der Waals surface area contributed by atoms with E-state index in [0.29, 0.717) is 0 Å². The lowest BCUT2D eigenvalue weighted by molar-refractivity contribution is 1.28. The first-order valence-corrected chi connectivity index (χ1v) is 3.08. The lowest BCUT2D eigenvalue weighted by atomic mass is 10.2. The first-order valence-electron chi connectivity index (χ1n) is 3.08. The van der Waals surface area contributed by atoms with Gasteiger partial charge in [-0.2, -0.15) is 0 Å². The number of allylic oxidation sites excluding steroid dienone is 1. The molecule has 0 spiro atoms. The smallest absolute Gasteiger partial charge is 0.0100 e. The molecule has 0 aliphatic carbocycles. The van der Waals surface area contributed by atoms with Crippen molar-refractivity contribution in [2.45, 2.75) is 13.8 Å². The average molecular weight is 134 g/mol. The summed E-state index contributed by atoms with van der Waals surface area (Å²) in [4.78, 5) is 0. The monoisotopic (exact) mass is 134 g/mol. The molecular weight excluding hydrogens is 120 g/mol. The predicted molar refractivity (Wildman–Crippen MR) is 47.1 cm³/mol. The second-order valence-electron chi connectivity index (χ2n) is 1.98. The van der Waals surface area contributed by atoms with Crippen molar-refractivity contribution in [3.8, 4) is 0 Å². The zero-order chi connectivity index (χ0) is 6.53. The van der Waals surface area contributed by atoms with Crippen LogP contribution in [-0.4, -0.2) is 0 Å². The number of hydrogen-bond donors (Lipinski definition) is 0. The van der Waals surface area contributed by atoms with Crippen molar-refractivity contribution in [2.75, 3.05) is 0 Å². The van der Waals surface area contributed by atoms with E-state index in [0.717, 1.165) is 6.42 Å². The summed E-state index contributed by atoms with van der Waals surface area (Å²) < 4.78 is 0. The van der Waals surface area contributed by atoms with Gasteiger partial charge in [0.25, 0.3) is 0 Å². The summed E-state index contributed by atoms with van der Waals surface area (Å²) in [6.07, 6.45) is 2.89. The highest BCUT2D eigenvalue weighted by atomic mass is 13.9. The molecular formula is C10H14. The van der Waals surface area contributed by atoms with Gasteiger partial charge in [0.1, 0.15) is 0 Å². The van der Waals surface area contributed by atoms with Crippen molar-refractivity contribution in [1.29, 1.82) is 0 Å². The van der Waals surface area contributed by atoms with Crippen LogP contribution < -0.4 is 0 Å². The Balaban J connectivity index is 0.000000810. The van der Waals surface area contributed by atoms with Crippen LogP contribution in [0.1, 0.15) is 13.0 Å². The third-order valence-corrected chi connectivity index (χ3v) is 1.22. The molecule has 0 nitrogen and oxygen atoms in total. The van der Waals surface area contributed by atoms with E-state index >= 15 is 0 Å². The molecule has 0 heteroatoms. The van der Waals surface area contributed by atoms with Gasteiger partial charge in [0.15, 0.2) is 0 Å². The van der Waals surface area contributed by atoms with Crippen LogP contribution in [0.25, 0.3) is 0 Å². The Bertz CT molecular complexity index is 174. The van der Waals surface area contributed by atoms with Crippen LogP contribution in [-0.2, 0) is 6.42 Å². The first-order chi connectivity index (χ1) is 4.43. The number of benzene rings is 1. The maximum Gasteiger partial charge on any atom is -0.0100 e. The molecule has 10 heavy (non-hydrogen) atoms. The summed E-state index contributed by atoms with van der Waals surface area (Å²) in [7, 11) is 0. The van der Waals surface area contributed by atoms with Crippen molar-refractivity contribution >= 4 is 0 Å². The molecule has 0 saturated carbocycles. The lowest BCUT2D eigenvalue weighted by Crippen LogP contribution is -1.75. The van der Waals surface area contributed by atoms with Crippen molar-refractivity contribution in [1.82, 2.24) is 0 Å². The highest BCUT2D eigenvalue weighted by Crippen LogP contribution is 1.98. The van der Waals surface area contributed by atoms with Crippen LogP contribution in [0.4, 0.5) is 0 Å². The van der Waals surface area contributed by atoms with Gasteiger partial charge in [0.2, 0.25) is 0 Å². The summed E-state index contributed by atoms with van der Waals surface area (Å²) in [5.74, 6) is 0. The summed E-state index contributed by atoms with van der Waals surface area (Å²) in [5, 5.41) is 0. The van der Waals surface area contributed by atoms with Crippen molar-refractivity contribution in [2.24, 2.45) is 0 Å². The van der Waals surface area contributed by atoms with Crippen LogP contribution in [0.15, 0.2) is 43.0 Å². The highest BCUT2D eigenvalue weighted by Gasteiger charge is 1.82. The Kier molecular flexibility index (Phi) is 4.30. The summed E-state index contributed by atoms with van der Waals surface area (Å²) in [6.45, 7) is 3.66. The summed E-state index contributed by atoms with van der Waals surface area (Å²) >= 11 is 0. The second kappa shape index (κ2) is 4.80. The lowest BCUT2D eigenvalue weighted by Gasteiger charge is -1.91. The molecule has 1 aromatic carbocycles. The average Bonchev–Trinajstić information content (AvgIpc) is 1.91. The van der Waals surface area contributed by atoms with Crippen molar-refractivity contribution in [3.63, 3.8) is 0 Å². The Morgan fingerprint density at radius 2 is 1.80 bits per heavy atom. The van der Waals surface area contributed by atoms with E-state index in [2.05, 4.69) is 18.7 Å². The predicted octanol–water partition coefficient (Wildman–Crippen LogP) is 3.05. The van der Waals surface area contributed by atoms with Crippen molar-refractivity contribution in [3.05, 3.63) is 48.6 Å². The summed E-state index contributed by atoms with van der Waals surface area (Å²) in [6, 6.07) is 10.3. The van der Waals surface area contributed by atoms with Crippen LogP contribution in [0.2, 0.25) is 0 Å². The molecule has 0 radical (unpaired) electrons. The molecule has 0 saturated heterocycles. The van der Waals surface area contributed by atoms with Crippen LogP contribution in [0, 0.1) is 0 Å². The third kappa shape index (κ3) is 2.49. The Morgan fingerprint density at radius 1 is 1.20 bits per heavy atom. The maximum absolute atomic E-state index is 3.66. The first kappa shape index (κ1) is 8.96. The van der Waals surface area contributed by atoms with Gasteiger partial charge in [-0.15, -0.1) is 6.58 Å². The van der Waals surface area contributed by atoms with E-state index in [1.807, 2.05) is 24.3 Å². The van der Waals surface area contributed by atoms with Crippen LogP contribution in [0.3, 0.4) is 0 Å². The van der Waals surface area contributed by atoms with Crippen LogP contribution in [0.5, 0.6) is 0 Å². The molecule has 0 N–H and O–H groups in total. The second-order valence-corrected chi connectivity index (χ2v) is 1.98. The highest BCUT2D eigenvalue weighted by molar-refractivity contribution is 5.16. The van der Waals surface area contributed by atoms with Gasteiger partial charge < -0.3 is 0 Å². The fourth-order valence-electron chi connectivity index (χ4n) is 0.781. The molecule has 0 aromatic heterocycles. The molecule has 0 amide bonds. The molecule has 1 rings (SSSR count). The topological polar surface area (TPSA) is 0 Å². The quantitative estimate of drug-likeness (QED) is 0.545. The normalized spacial score (nSPS) is 8.00.